The highest BCUT2D eigenvalue weighted by Gasteiger charge is 2.37. The normalized spacial score (nSPS) is 27.4. The molecule has 0 aromatic rings. The van der Waals surface area contributed by atoms with Gasteiger partial charge in [0, 0.05) is 18.6 Å². The van der Waals surface area contributed by atoms with E-state index in [1.807, 2.05) is 0 Å². The first-order valence-corrected chi connectivity index (χ1v) is 8.11. The van der Waals surface area contributed by atoms with Crippen LogP contribution in [0.25, 0.3) is 0 Å². The van der Waals surface area contributed by atoms with Gasteiger partial charge in [0.25, 0.3) is 0 Å². The van der Waals surface area contributed by atoms with Crippen molar-refractivity contribution in [2.45, 2.75) is 75.9 Å². The first-order chi connectivity index (χ1) is 9.74. The summed E-state index contributed by atoms with van der Waals surface area (Å²) in [6.07, 6.45) is 9.77. The molecule has 3 fully saturated rings. The molecule has 0 bridgehead atoms. The van der Waals surface area contributed by atoms with Crippen molar-refractivity contribution in [2.75, 3.05) is 6.54 Å². The quantitative estimate of drug-likeness (QED) is 0.827. The zero-order valence-electron chi connectivity index (χ0n) is 12.1. The maximum Gasteiger partial charge on any atom is 0.318 e. The summed E-state index contributed by atoms with van der Waals surface area (Å²) in [5.41, 5.74) is 0. The van der Waals surface area contributed by atoms with Crippen molar-refractivity contribution in [1.29, 1.82) is 0 Å². The van der Waals surface area contributed by atoms with Crippen LogP contribution in [0.4, 0.5) is 4.79 Å². The van der Waals surface area contributed by atoms with Crippen molar-refractivity contribution < 1.29 is 9.59 Å². The molecule has 112 valence electrons. The predicted molar refractivity (Wildman–Crippen MR) is 76.3 cm³/mol. The lowest BCUT2D eigenvalue weighted by Crippen LogP contribution is -2.52. The van der Waals surface area contributed by atoms with Gasteiger partial charge in [-0.3, -0.25) is 4.79 Å². The second kappa shape index (κ2) is 6.02. The van der Waals surface area contributed by atoms with Crippen LogP contribution in [-0.4, -0.2) is 41.5 Å². The zero-order chi connectivity index (χ0) is 13.9. The van der Waals surface area contributed by atoms with Crippen LogP contribution in [0.2, 0.25) is 0 Å². The van der Waals surface area contributed by atoms with Crippen molar-refractivity contribution in [3.8, 4) is 0 Å². The number of carbonyl (C=O) groups is 2. The number of rotatable bonds is 3. The van der Waals surface area contributed by atoms with Crippen LogP contribution in [0.15, 0.2) is 0 Å². The zero-order valence-corrected chi connectivity index (χ0v) is 12.1. The van der Waals surface area contributed by atoms with Gasteiger partial charge in [0.15, 0.2) is 0 Å². The molecule has 0 aromatic heterocycles. The van der Waals surface area contributed by atoms with E-state index >= 15 is 0 Å². The average Bonchev–Trinajstić information content (AvgIpc) is 3.12. The summed E-state index contributed by atoms with van der Waals surface area (Å²) < 4.78 is 0. The smallest absolute Gasteiger partial charge is 0.318 e. The van der Waals surface area contributed by atoms with E-state index in [9.17, 15) is 9.59 Å². The molecule has 3 aliphatic rings. The van der Waals surface area contributed by atoms with Gasteiger partial charge in [0.05, 0.1) is 0 Å². The number of likely N-dealkylation sites (tertiary alicyclic amines) is 1. The molecule has 2 saturated carbocycles. The van der Waals surface area contributed by atoms with E-state index in [0.717, 1.165) is 38.5 Å². The second-order valence-corrected chi connectivity index (χ2v) is 6.42. The molecule has 5 heteroatoms. The fourth-order valence-electron chi connectivity index (χ4n) is 3.31. The van der Waals surface area contributed by atoms with Crippen LogP contribution in [0.1, 0.15) is 57.8 Å². The Morgan fingerprint density at radius 2 is 1.50 bits per heavy atom. The Hall–Kier alpha value is -1.26. The monoisotopic (exact) mass is 279 g/mol. The molecule has 2 aliphatic carbocycles. The van der Waals surface area contributed by atoms with Crippen molar-refractivity contribution in [1.82, 2.24) is 15.5 Å². The van der Waals surface area contributed by atoms with Gasteiger partial charge in [0.2, 0.25) is 5.91 Å². The van der Waals surface area contributed by atoms with Gasteiger partial charge in [-0.05, 0) is 38.5 Å². The molecule has 0 unspecified atom stereocenters. The van der Waals surface area contributed by atoms with Crippen LogP contribution in [0.5, 0.6) is 0 Å². The molecule has 0 spiro atoms. The lowest BCUT2D eigenvalue weighted by atomic mass is 9.96. The van der Waals surface area contributed by atoms with Crippen molar-refractivity contribution in [2.24, 2.45) is 0 Å². The van der Waals surface area contributed by atoms with Gasteiger partial charge in [-0.2, -0.15) is 0 Å². The molecule has 0 aromatic carbocycles. The molecule has 3 amide bonds. The third-order valence-corrected chi connectivity index (χ3v) is 4.67. The maximum absolute atomic E-state index is 12.4. The lowest BCUT2D eigenvalue weighted by molar-refractivity contribution is -0.124. The second-order valence-electron chi connectivity index (χ2n) is 6.42. The van der Waals surface area contributed by atoms with Gasteiger partial charge in [-0.15, -0.1) is 0 Å². The molecule has 5 nitrogen and oxygen atoms in total. The number of nitrogens with zero attached hydrogens (tertiary/aromatic N) is 1. The largest absolute Gasteiger partial charge is 0.352 e. The minimum absolute atomic E-state index is 0.0367. The summed E-state index contributed by atoms with van der Waals surface area (Å²) in [6.45, 7) is 0.710. The molecule has 2 N–H and O–H groups in total. The third-order valence-electron chi connectivity index (χ3n) is 4.67. The summed E-state index contributed by atoms with van der Waals surface area (Å²) in [5.74, 6) is 0.0452. The minimum atomic E-state index is -0.251. The predicted octanol–water partition coefficient (Wildman–Crippen LogP) is 1.77. The fraction of sp³-hybridized carbons (Fsp3) is 0.867. The Labute approximate surface area is 120 Å². The van der Waals surface area contributed by atoms with Crippen molar-refractivity contribution in [3.63, 3.8) is 0 Å². The van der Waals surface area contributed by atoms with Crippen molar-refractivity contribution >= 4 is 11.9 Å². The summed E-state index contributed by atoms with van der Waals surface area (Å²) in [6, 6.07) is 0.389. The highest BCUT2D eigenvalue weighted by molar-refractivity contribution is 5.88. The van der Waals surface area contributed by atoms with Gasteiger partial charge in [-0.1, -0.05) is 19.3 Å². The van der Waals surface area contributed by atoms with Crippen LogP contribution in [-0.2, 0) is 4.79 Å². The highest BCUT2D eigenvalue weighted by atomic mass is 16.2. The lowest BCUT2D eigenvalue weighted by Gasteiger charge is -2.29. The molecule has 1 atom stereocenters. The van der Waals surface area contributed by atoms with Gasteiger partial charge < -0.3 is 15.5 Å². The van der Waals surface area contributed by atoms with Crippen molar-refractivity contribution in [3.05, 3.63) is 0 Å². The third kappa shape index (κ3) is 3.25. The average molecular weight is 279 g/mol. The summed E-state index contributed by atoms with van der Waals surface area (Å²) in [4.78, 5) is 26.3. The van der Waals surface area contributed by atoms with Gasteiger partial charge in [-0.25, -0.2) is 4.79 Å². The fourth-order valence-corrected chi connectivity index (χ4v) is 3.31. The number of hydrogen-bond acceptors (Lipinski definition) is 2. The van der Waals surface area contributed by atoms with E-state index in [1.165, 1.54) is 19.3 Å². The molecule has 1 aliphatic heterocycles. The number of carbonyl (C=O) groups excluding carboxylic acids is 2. The van der Waals surface area contributed by atoms with Crippen LogP contribution in [0.3, 0.4) is 0 Å². The Balaban J connectivity index is 1.53. The Bertz CT molecular complexity index is 375. The number of amides is 3. The number of nitrogens with one attached hydrogen (secondary N) is 2. The standard InChI is InChI=1S/C15H25N3O2/c19-14(16-12-8-9-12)13-7-4-10-18(13)15(20)17-11-5-2-1-3-6-11/h11-13H,1-10H2,(H,16,19)(H,17,20)/t13-/m1/s1. The molecule has 1 saturated heterocycles. The first-order valence-electron chi connectivity index (χ1n) is 8.11. The minimum Gasteiger partial charge on any atom is -0.352 e. The van der Waals surface area contributed by atoms with Crippen LogP contribution >= 0.6 is 0 Å². The molecule has 20 heavy (non-hydrogen) atoms. The molecule has 3 rings (SSSR count). The van der Waals surface area contributed by atoms with E-state index in [1.54, 1.807) is 4.90 Å². The Morgan fingerprint density at radius 1 is 0.800 bits per heavy atom. The summed E-state index contributed by atoms with van der Waals surface area (Å²) in [5, 5.41) is 6.15. The number of hydrogen-bond donors (Lipinski definition) is 2. The molecule has 0 radical (unpaired) electrons. The van der Waals surface area contributed by atoms with E-state index in [2.05, 4.69) is 10.6 Å². The maximum atomic E-state index is 12.4. The van der Waals surface area contributed by atoms with E-state index in [0.29, 0.717) is 18.6 Å². The SMILES string of the molecule is O=C(NC1CC1)[C@H]1CCCN1C(=O)NC1CCCCC1. The highest BCUT2D eigenvalue weighted by Crippen LogP contribution is 2.23. The van der Waals surface area contributed by atoms with Gasteiger partial charge >= 0.3 is 6.03 Å². The van der Waals surface area contributed by atoms with Crippen LogP contribution < -0.4 is 10.6 Å². The number of urea groups is 1. The first kappa shape index (κ1) is 13.7. The van der Waals surface area contributed by atoms with E-state index in [-0.39, 0.29) is 18.0 Å². The summed E-state index contributed by atoms with van der Waals surface area (Å²) >= 11 is 0. The van der Waals surface area contributed by atoms with Gasteiger partial charge in [0.1, 0.15) is 6.04 Å². The Kier molecular flexibility index (Phi) is 4.13. The molecular formula is C15H25N3O2. The summed E-state index contributed by atoms with van der Waals surface area (Å²) in [7, 11) is 0. The molecule has 1 heterocycles. The van der Waals surface area contributed by atoms with Crippen LogP contribution in [0, 0.1) is 0 Å². The Morgan fingerprint density at radius 3 is 2.20 bits per heavy atom. The van der Waals surface area contributed by atoms with E-state index < -0.39 is 0 Å². The topological polar surface area (TPSA) is 61.4 Å². The van der Waals surface area contributed by atoms with E-state index in [4.69, 9.17) is 0 Å². The molecular weight excluding hydrogens is 254 g/mol.